The molecule has 2 aromatic rings. The number of carbonyl (C=O) groups is 1. The highest BCUT2D eigenvalue weighted by Crippen LogP contribution is 2.25. The number of rotatable bonds is 3. The minimum atomic E-state index is -0.343. The van der Waals surface area contributed by atoms with Crippen molar-refractivity contribution in [2.75, 3.05) is 7.11 Å². The molecule has 0 aromatic heterocycles. The first-order valence-corrected chi connectivity index (χ1v) is 6.07. The standard InChI is InChI=1S/C17H16O2/c1-12-7-6-8-14(11-12)13(2)15-9-4-5-10-16(15)17(18)19-3/h4-11H,2H2,1,3H3. The second kappa shape index (κ2) is 5.53. The Labute approximate surface area is 113 Å². The minimum Gasteiger partial charge on any atom is -0.465 e. The summed E-state index contributed by atoms with van der Waals surface area (Å²) in [4.78, 5) is 11.8. The molecule has 0 radical (unpaired) electrons. The lowest BCUT2D eigenvalue weighted by Crippen LogP contribution is -2.05. The quantitative estimate of drug-likeness (QED) is 0.776. The number of hydrogen-bond donors (Lipinski definition) is 0. The smallest absolute Gasteiger partial charge is 0.338 e. The fourth-order valence-electron chi connectivity index (χ4n) is 2.02. The third kappa shape index (κ3) is 2.74. The fourth-order valence-corrected chi connectivity index (χ4v) is 2.02. The predicted octanol–water partition coefficient (Wildman–Crippen LogP) is 3.84. The molecule has 0 spiro atoms. The monoisotopic (exact) mass is 252 g/mol. The van der Waals surface area contributed by atoms with Crippen LogP contribution in [0.4, 0.5) is 0 Å². The van der Waals surface area contributed by atoms with Crippen LogP contribution in [0.2, 0.25) is 0 Å². The molecule has 2 heteroatoms. The fraction of sp³-hybridized carbons (Fsp3) is 0.118. The summed E-state index contributed by atoms with van der Waals surface area (Å²) < 4.78 is 4.81. The Hall–Kier alpha value is -2.35. The number of methoxy groups -OCH3 is 1. The SMILES string of the molecule is C=C(c1cccc(C)c1)c1ccccc1C(=O)OC. The van der Waals surface area contributed by atoms with Crippen molar-refractivity contribution in [2.45, 2.75) is 6.92 Å². The summed E-state index contributed by atoms with van der Waals surface area (Å²) in [6.45, 7) is 6.14. The lowest BCUT2D eigenvalue weighted by molar-refractivity contribution is 0.0600. The summed E-state index contributed by atoms with van der Waals surface area (Å²) in [7, 11) is 1.38. The van der Waals surface area contributed by atoms with Gasteiger partial charge in [-0.05, 0) is 29.7 Å². The van der Waals surface area contributed by atoms with Crippen LogP contribution in [-0.4, -0.2) is 13.1 Å². The average molecular weight is 252 g/mol. The highest BCUT2D eigenvalue weighted by atomic mass is 16.5. The van der Waals surface area contributed by atoms with E-state index in [2.05, 4.69) is 12.6 Å². The summed E-state index contributed by atoms with van der Waals surface area (Å²) in [5.41, 5.74) is 4.34. The number of benzene rings is 2. The van der Waals surface area contributed by atoms with Gasteiger partial charge < -0.3 is 4.74 Å². The normalized spacial score (nSPS) is 10.0. The van der Waals surface area contributed by atoms with Crippen molar-refractivity contribution in [3.05, 3.63) is 77.4 Å². The summed E-state index contributed by atoms with van der Waals surface area (Å²) in [5, 5.41) is 0. The summed E-state index contributed by atoms with van der Waals surface area (Å²) in [6, 6.07) is 15.4. The molecule has 19 heavy (non-hydrogen) atoms. The topological polar surface area (TPSA) is 26.3 Å². The van der Waals surface area contributed by atoms with Gasteiger partial charge in [0.2, 0.25) is 0 Å². The number of esters is 1. The van der Waals surface area contributed by atoms with Crippen LogP contribution >= 0.6 is 0 Å². The molecule has 2 nitrogen and oxygen atoms in total. The molecule has 0 fully saturated rings. The number of hydrogen-bond acceptors (Lipinski definition) is 2. The van der Waals surface area contributed by atoms with E-state index in [0.717, 1.165) is 22.3 Å². The highest BCUT2D eigenvalue weighted by molar-refractivity contribution is 5.97. The van der Waals surface area contributed by atoms with Gasteiger partial charge in [0.15, 0.2) is 0 Å². The zero-order valence-corrected chi connectivity index (χ0v) is 11.1. The van der Waals surface area contributed by atoms with E-state index < -0.39 is 0 Å². The minimum absolute atomic E-state index is 0.343. The largest absolute Gasteiger partial charge is 0.465 e. The van der Waals surface area contributed by atoms with E-state index in [0.29, 0.717) is 5.56 Å². The van der Waals surface area contributed by atoms with Gasteiger partial charge in [0.1, 0.15) is 0 Å². The molecule has 0 atom stereocenters. The molecule has 0 amide bonds. The maximum atomic E-state index is 11.8. The van der Waals surface area contributed by atoms with Gasteiger partial charge in [-0.15, -0.1) is 0 Å². The maximum absolute atomic E-state index is 11.8. The van der Waals surface area contributed by atoms with Crippen molar-refractivity contribution in [1.82, 2.24) is 0 Å². The van der Waals surface area contributed by atoms with Crippen LogP contribution in [0.15, 0.2) is 55.1 Å². The van der Waals surface area contributed by atoms with Crippen LogP contribution in [0.5, 0.6) is 0 Å². The second-order valence-electron chi connectivity index (χ2n) is 4.39. The molecule has 0 saturated carbocycles. The Kier molecular flexibility index (Phi) is 3.81. The first-order valence-electron chi connectivity index (χ1n) is 6.07. The Morgan fingerprint density at radius 1 is 1.05 bits per heavy atom. The number of ether oxygens (including phenoxy) is 1. The van der Waals surface area contributed by atoms with Crippen molar-refractivity contribution in [1.29, 1.82) is 0 Å². The van der Waals surface area contributed by atoms with Gasteiger partial charge in [-0.3, -0.25) is 0 Å². The van der Waals surface area contributed by atoms with E-state index in [4.69, 9.17) is 4.74 Å². The summed E-state index contributed by atoms with van der Waals surface area (Å²) in [5.74, 6) is -0.343. The third-order valence-electron chi connectivity index (χ3n) is 3.02. The number of carbonyl (C=O) groups excluding carboxylic acids is 1. The van der Waals surface area contributed by atoms with Crippen LogP contribution < -0.4 is 0 Å². The second-order valence-corrected chi connectivity index (χ2v) is 4.39. The molecule has 0 bridgehead atoms. The van der Waals surface area contributed by atoms with Crippen LogP contribution in [0.1, 0.15) is 27.0 Å². The zero-order valence-electron chi connectivity index (χ0n) is 11.1. The lowest BCUT2D eigenvalue weighted by atomic mass is 9.94. The van der Waals surface area contributed by atoms with Gasteiger partial charge in [0, 0.05) is 0 Å². The van der Waals surface area contributed by atoms with Gasteiger partial charge in [-0.25, -0.2) is 4.79 Å². The van der Waals surface area contributed by atoms with Crippen LogP contribution in [0.3, 0.4) is 0 Å². The van der Waals surface area contributed by atoms with Gasteiger partial charge in [0.25, 0.3) is 0 Å². The first-order chi connectivity index (χ1) is 9.13. The van der Waals surface area contributed by atoms with E-state index in [9.17, 15) is 4.79 Å². The lowest BCUT2D eigenvalue weighted by Gasteiger charge is -2.11. The van der Waals surface area contributed by atoms with Crippen LogP contribution in [-0.2, 0) is 4.74 Å². The molecule has 0 aliphatic carbocycles. The van der Waals surface area contributed by atoms with E-state index in [1.165, 1.54) is 7.11 Å². The molecular weight excluding hydrogens is 236 g/mol. The molecule has 0 aliphatic rings. The average Bonchev–Trinajstić information content (AvgIpc) is 2.45. The molecule has 2 rings (SSSR count). The van der Waals surface area contributed by atoms with E-state index in [1.807, 2.05) is 43.3 Å². The molecule has 2 aromatic carbocycles. The van der Waals surface area contributed by atoms with Gasteiger partial charge >= 0.3 is 5.97 Å². The van der Waals surface area contributed by atoms with E-state index >= 15 is 0 Å². The van der Waals surface area contributed by atoms with Crippen molar-refractivity contribution in [3.63, 3.8) is 0 Å². The van der Waals surface area contributed by atoms with Crippen molar-refractivity contribution >= 4 is 11.5 Å². The Bertz CT molecular complexity index is 627. The Balaban J connectivity index is 2.47. The van der Waals surface area contributed by atoms with Gasteiger partial charge in [-0.2, -0.15) is 0 Å². The van der Waals surface area contributed by atoms with Crippen LogP contribution in [0.25, 0.3) is 5.57 Å². The molecule has 0 unspecified atom stereocenters. The molecular formula is C17H16O2. The molecule has 96 valence electrons. The predicted molar refractivity (Wildman–Crippen MR) is 77.1 cm³/mol. The van der Waals surface area contributed by atoms with Crippen LogP contribution in [0, 0.1) is 6.92 Å². The van der Waals surface area contributed by atoms with E-state index in [-0.39, 0.29) is 5.97 Å². The summed E-state index contributed by atoms with van der Waals surface area (Å²) in [6.07, 6.45) is 0. The van der Waals surface area contributed by atoms with Gasteiger partial charge in [0.05, 0.1) is 12.7 Å². The van der Waals surface area contributed by atoms with E-state index in [1.54, 1.807) is 6.07 Å². The van der Waals surface area contributed by atoms with Crippen molar-refractivity contribution < 1.29 is 9.53 Å². The van der Waals surface area contributed by atoms with Crippen molar-refractivity contribution in [2.24, 2.45) is 0 Å². The first kappa shape index (κ1) is 13.1. The molecule has 0 heterocycles. The number of aryl methyl sites for hydroxylation is 1. The van der Waals surface area contributed by atoms with Gasteiger partial charge in [-0.1, -0.05) is 54.6 Å². The Morgan fingerprint density at radius 3 is 2.37 bits per heavy atom. The molecule has 0 N–H and O–H groups in total. The molecule has 0 aliphatic heterocycles. The zero-order chi connectivity index (χ0) is 13.8. The highest BCUT2D eigenvalue weighted by Gasteiger charge is 2.14. The third-order valence-corrected chi connectivity index (χ3v) is 3.02. The Morgan fingerprint density at radius 2 is 1.74 bits per heavy atom. The molecule has 0 saturated heterocycles. The maximum Gasteiger partial charge on any atom is 0.338 e. The van der Waals surface area contributed by atoms with Crippen molar-refractivity contribution in [3.8, 4) is 0 Å². The summed E-state index contributed by atoms with van der Waals surface area (Å²) >= 11 is 0.